The number of ether oxygens (including phenoxy) is 1. The van der Waals surface area contributed by atoms with Gasteiger partial charge in [-0.25, -0.2) is 4.98 Å². The Morgan fingerprint density at radius 1 is 1.33 bits per heavy atom. The van der Waals surface area contributed by atoms with E-state index in [1.165, 1.54) is 38.5 Å². The first-order valence-corrected chi connectivity index (χ1v) is 8.35. The average molecular weight is 294 g/mol. The van der Waals surface area contributed by atoms with Crippen molar-refractivity contribution in [1.82, 2.24) is 20.5 Å². The van der Waals surface area contributed by atoms with E-state index < -0.39 is 0 Å². The standard InChI is InChI=1S/C16H30N4O/c1-4-5-13-6-8-14(9-7-13)12(2)17-10-15-18-16(11-21-3)20-19-15/h12-14,17H,4-11H2,1-3H3,(H,18,19,20). The second-order valence-corrected chi connectivity index (χ2v) is 6.37. The fourth-order valence-corrected chi connectivity index (χ4v) is 3.42. The number of rotatable bonds is 8. The smallest absolute Gasteiger partial charge is 0.164 e. The predicted molar refractivity (Wildman–Crippen MR) is 83.8 cm³/mol. The van der Waals surface area contributed by atoms with Crippen molar-refractivity contribution in [3.8, 4) is 0 Å². The first-order valence-electron chi connectivity index (χ1n) is 8.35. The van der Waals surface area contributed by atoms with Crippen molar-refractivity contribution in [2.45, 2.75) is 71.6 Å². The average Bonchev–Trinajstić information content (AvgIpc) is 2.94. The molecule has 0 spiro atoms. The lowest BCUT2D eigenvalue weighted by molar-refractivity contribution is 0.178. The minimum absolute atomic E-state index is 0.490. The summed E-state index contributed by atoms with van der Waals surface area (Å²) in [6.45, 7) is 5.82. The van der Waals surface area contributed by atoms with Gasteiger partial charge in [-0.1, -0.05) is 32.6 Å². The lowest BCUT2D eigenvalue weighted by Crippen LogP contribution is -2.35. The first kappa shape index (κ1) is 16.4. The van der Waals surface area contributed by atoms with Crippen LogP contribution in [0.4, 0.5) is 0 Å². The summed E-state index contributed by atoms with van der Waals surface area (Å²) < 4.78 is 5.04. The van der Waals surface area contributed by atoms with E-state index in [4.69, 9.17) is 4.74 Å². The highest BCUT2D eigenvalue weighted by molar-refractivity contribution is 4.89. The minimum Gasteiger partial charge on any atom is -0.377 e. The Balaban J connectivity index is 1.70. The van der Waals surface area contributed by atoms with Crippen molar-refractivity contribution >= 4 is 0 Å². The molecule has 1 aliphatic carbocycles. The highest BCUT2D eigenvalue weighted by atomic mass is 16.5. The summed E-state index contributed by atoms with van der Waals surface area (Å²) in [7, 11) is 1.66. The van der Waals surface area contributed by atoms with Crippen molar-refractivity contribution < 1.29 is 4.74 Å². The Hall–Kier alpha value is -0.940. The van der Waals surface area contributed by atoms with Gasteiger partial charge in [-0.05, 0) is 31.6 Å². The van der Waals surface area contributed by atoms with E-state index in [2.05, 4.69) is 34.3 Å². The third-order valence-corrected chi connectivity index (χ3v) is 4.74. The Kier molecular flexibility index (Phi) is 6.64. The van der Waals surface area contributed by atoms with Gasteiger partial charge in [0.05, 0.1) is 6.54 Å². The van der Waals surface area contributed by atoms with E-state index in [0.29, 0.717) is 12.6 Å². The van der Waals surface area contributed by atoms with Crippen molar-refractivity contribution in [2.24, 2.45) is 11.8 Å². The number of methoxy groups -OCH3 is 1. The second-order valence-electron chi connectivity index (χ2n) is 6.37. The monoisotopic (exact) mass is 294 g/mol. The van der Waals surface area contributed by atoms with Gasteiger partial charge in [0.2, 0.25) is 0 Å². The molecule has 1 atom stereocenters. The van der Waals surface area contributed by atoms with Crippen LogP contribution in [0.5, 0.6) is 0 Å². The number of H-pyrrole nitrogens is 1. The van der Waals surface area contributed by atoms with Crippen LogP contribution >= 0.6 is 0 Å². The van der Waals surface area contributed by atoms with Crippen LogP contribution in [0.25, 0.3) is 0 Å². The van der Waals surface area contributed by atoms with E-state index in [-0.39, 0.29) is 0 Å². The molecule has 1 aliphatic rings. The van der Waals surface area contributed by atoms with Gasteiger partial charge in [0.15, 0.2) is 11.6 Å². The lowest BCUT2D eigenvalue weighted by atomic mass is 9.77. The molecule has 0 radical (unpaired) electrons. The van der Waals surface area contributed by atoms with Gasteiger partial charge in [0.25, 0.3) is 0 Å². The number of nitrogens with zero attached hydrogens (tertiary/aromatic N) is 2. The van der Waals surface area contributed by atoms with E-state index in [1.807, 2.05) is 0 Å². The topological polar surface area (TPSA) is 62.8 Å². The molecule has 1 aromatic rings. The zero-order valence-electron chi connectivity index (χ0n) is 13.7. The Labute approximate surface area is 128 Å². The quantitative estimate of drug-likeness (QED) is 0.773. The van der Waals surface area contributed by atoms with Crippen LogP contribution in [0, 0.1) is 11.8 Å². The molecule has 1 aromatic heterocycles. The zero-order valence-corrected chi connectivity index (χ0v) is 13.7. The maximum atomic E-state index is 5.04. The van der Waals surface area contributed by atoms with Gasteiger partial charge in [-0.3, -0.25) is 5.10 Å². The summed E-state index contributed by atoms with van der Waals surface area (Å²) in [6.07, 6.45) is 8.28. The molecular weight excluding hydrogens is 264 g/mol. The Morgan fingerprint density at radius 3 is 2.76 bits per heavy atom. The third kappa shape index (κ3) is 5.08. The summed E-state index contributed by atoms with van der Waals surface area (Å²) in [6, 6.07) is 0.539. The maximum absolute atomic E-state index is 5.04. The third-order valence-electron chi connectivity index (χ3n) is 4.74. The highest BCUT2D eigenvalue weighted by Gasteiger charge is 2.24. The van der Waals surface area contributed by atoms with Gasteiger partial charge < -0.3 is 10.1 Å². The van der Waals surface area contributed by atoms with Gasteiger partial charge in [0, 0.05) is 13.2 Å². The SMILES string of the molecule is CCCC1CCC(C(C)NCc2n[nH]c(COC)n2)CC1. The highest BCUT2D eigenvalue weighted by Crippen LogP contribution is 2.33. The lowest BCUT2D eigenvalue weighted by Gasteiger charge is -2.32. The van der Waals surface area contributed by atoms with Crippen LogP contribution in [-0.2, 0) is 17.9 Å². The van der Waals surface area contributed by atoms with Crippen LogP contribution in [-0.4, -0.2) is 28.3 Å². The molecule has 0 bridgehead atoms. The van der Waals surface area contributed by atoms with E-state index >= 15 is 0 Å². The van der Waals surface area contributed by atoms with Gasteiger partial charge in [0.1, 0.15) is 6.61 Å². The number of hydrogen-bond donors (Lipinski definition) is 2. The van der Waals surface area contributed by atoms with Crippen LogP contribution in [0.1, 0.15) is 64.0 Å². The van der Waals surface area contributed by atoms with E-state index in [9.17, 15) is 0 Å². The van der Waals surface area contributed by atoms with Crippen LogP contribution < -0.4 is 5.32 Å². The molecule has 1 unspecified atom stereocenters. The molecule has 120 valence electrons. The molecule has 1 saturated carbocycles. The Morgan fingerprint density at radius 2 is 2.10 bits per heavy atom. The molecule has 5 heteroatoms. The Bertz CT molecular complexity index is 399. The molecule has 2 rings (SSSR count). The molecule has 1 heterocycles. The fraction of sp³-hybridized carbons (Fsp3) is 0.875. The van der Waals surface area contributed by atoms with Crippen molar-refractivity contribution in [2.75, 3.05) is 7.11 Å². The van der Waals surface area contributed by atoms with Crippen molar-refractivity contribution in [3.05, 3.63) is 11.6 Å². The molecule has 5 nitrogen and oxygen atoms in total. The van der Waals surface area contributed by atoms with Gasteiger partial charge in [-0.2, -0.15) is 5.10 Å². The maximum Gasteiger partial charge on any atom is 0.164 e. The van der Waals surface area contributed by atoms with Crippen LogP contribution in [0.2, 0.25) is 0 Å². The molecule has 0 amide bonds. The number of aromatic amines is 1. The second kappa shape index (κ2) is 8.49. The number of nitrogens with one attached hydrogen (secondary N) is 2. The van der Waals surface area contributed by atoms with Crippen LogP contribution in [0.15, 0.2) is 0 Å². The summed E-state index contributed by atoms with van der Waals surface area (Å²) in [4.78, 5) is 4.40. The molecule has 1 fully saturated rings. The summed E-state index contributed by atoms with van der Waals surface area (Å²) in [5, 5.41) is 10.7. The fourth-order valence-electron chi connectivity index (χ4n) is 3.42. The number of hydrogen-bond acceptors (Lipinski definition) is 4. The normalized spacial score (nSPS) is 24.1. The van der Waals surface area contributed by atoms with E-state index in [0.717, 1.165) is 30.0 Å². The minimum atomic E-state index is 0.490. The zero-order chi connectivity index (χ0) is 15.1. The molecule has 2 N–H and O–H groups in total. The van der Waals surface area contributed by atoms with Gasteiger partial charge in [-0.15, -0.1) is 0 Å². The van der Waals surface area contributed by atoms with Crippen LogP contribution in [0.3, 0.4) is 0 Å². The molecular formula is C16H30N4O. The predicted octanol–water partition coefficient (Wildman–Crippen LogP) is 3.04. The summed E-state index contributed by atoms with van der Waals surface area (Å²) in [5.74, 6) is 3.40. The van der Waals surface area contributed by atoms with Crippen molar-refractivity contribution in [3.63, 3.8) is 0 Å². The van der Waals surface area contributed by atoms with Gasteiger partial charge >= 0.3 is 0 Å². The first-order chi connectivity index (χ1) is 10.2. The number of aromatic nitrogens is 3. The molecule has 0 aromatic carbocycles. The molecule has 21 heavy (non-hydrogen) atoms. The largest absolute Gasteiger partial charge is 0.377 e. The molecule has 0 aliphatic heterocycles. The van der Waals surface area contributed by atoms with Crippen molar-refractivity contribution in [1.29, 1.82) is 0 Å². The summed E-state index contributed by atoms with van der Waals surface area (Å²) >= 11 is 0. The summed E-state index contributed by atoms with van der Waals surface area (Å²) in [5.41, 5.74) is 0. The molecule has 0 saturated heterocycles. The van der Waals surface area contributed by atoms with E-state index in [1.54, 1.807) is 7.11 Å².